The van der Waals surface area contributed by atoms with Gasteiger partial charge in [-0.15, -0.1) is 0 Å². The molecule has 6 nitrogen and oxygen atoms in total. The van der Waals surface area contributed by atoms with Gasteiger partial charge in [0.05, 0.1) is 18.8 Å². The molecule has 3 fully saturated rings. The summed E-state index contributed by atoms with van der Waals surface area (Å²) < 4.78 is 8.08. The standard InChI is InChI=1S/C21H34N4O2/c1-3-24-13-12-23-19(24)15-25(18-14-21(18)8-10-22-11-9-21)20(26)7-6-17-5-4-16(2)27-17/h12-13,16-18,22H,3-11,14-15H2,1-2H3/t16-,17-,18-/m0/s1. The molecule has 150 valence electrons. The Bertz CT molecular complexity index is 652. The number of ether oxygens (including phenoxy) is 1. The second kappa shape index (κ2) is 7.92. The van der Waals surface area contributed by atoms with Gasteiger partial charge in [0.2, 0.25) is 5.91 Å². The van der Waals surface area contributed by atoms with E-state index < -0.39 is 0 Å². The third-order valence-electron chi connectivity index (χ3n) is 6.90. The maximum Gasteiger partial charge on any atom is 0.223 e. The summed E-state index contributed by atoms with van der Waals surface area (Å²) in [6.45, 7) is 7.95. The van der Waals surface area contributed by atoms with Crippen molar-refractivity contribution in [3.8, 4) is 0 Å². The molecule has 3 heterocycles. The van der Waals surface area contributed by atoms with E-state index in [1.807, 2.05) is 12.4 Å². The van der Waals surface area contributed by atoms with E-state index in [0.717, 1.165) is 51.1 Å². The molecule has 2 saturated heterocycles. The predicted molar refractivity (Wildman–Crippen MR) is 104 cm³/mol. The SMILES string of the molecule is CCn1ccnc1CN(C(=O)CC[C@@H]1CC[C@H](C)O1)[C@H]1CC12CCNCC2. The lowest BCUT2D eigenvalue weighted by atomic mass is 9.93. The topological polar surface area (TPSA) is 59.4 Å². The van der Waals surface area contributed by atoms with Crippen LogP contribution in [0.4, 0.5) is 0 Å². The van der Waals surface area contributed by atoms with Gasteiger partial charge >= 0.3 is 0 Å². The number of aromatic nitrogens is 2. The molecule has 0 unspecified atom stereocenters. The van der Waals surface area contributed by atoms with E-state index in [4.69, 9.17) is 4.74 Å². The number of carbonyl (C=O) groups is 1. The fraction of sp³-hybridized carbons (Fsp3) is 0.810. The summed E-state index contributed by atoms with van der Waals surface area (Å²) in [5.41, 5.74) is 0.350. The highest BCUT2D eigenvalue weighted by atomic mass is 16.5. The minimum Gasteiger partial charge on any atom is -0.375 e. The average molecular weight is 375 g/mol. The van der Waals surface area contributed by atoms with Crippen molar-refractivity contribution < 1.29 is 9.53 Å². The third-order valence-corrected chi connectivity index (χ3v) is 6.90. The van der Waals surface area contributed by atoms with Crippen molar-refractivity contribution >= 4 is 5.91 Å². The Kier molecular flexibility index (Phi) is 5.55. The Labute approximate surface area is 162 Å². The maximum absolute atomic E-state index is 13.2. The van der Waals surface area contributed by atoms with Crippen molar-refractivity contribution in [2.75, 3.05) is 13.1 Å². The number of imidazole rings is 1. The van der Waals surface area contributed by atoms with Gasteiger partial charge in [0.1, 0.15) is 5.82 Å². The van der Waals surface area contributed by atoms with Gasteiger partial charge in [-0.05, 0) is 70.9 Å². The number of amides is 1. The zero-order valence-corrected chi connectivity index (χ0v) is 16.8. The van der Waals surface area contributed by atoms with Gasteiger partial charge in [0.15, 0.2) is 0 Å². The Morgan fingerprint density at radius 3 is 2.93 bits per heavy atom. The second-order valence-corrected chi connectivity index (χ2v) is 8.67. The van der Waals surface area contributed by atoms with Gasteiger partial charge in [-0.25, -0.2) is 4.98 Å². The minimum atomic E-state index is 0.260. The van der Waals surface area contributed by atoms with Crippen LogP contribution in [0.1, 0.15) is 64.6 Å². The van der Waals surface area contributed by atoms with Crippen LogP contribution in [-0.2, 0) is 22.6 Å². The monoisotopic (exact) mass is 374 g/mol. The molecule has 1 amide bonds. The molecule has 1 aliphatic carbocycles. The summed E-state index contributed by atoms with van der Waals surface area (Å²) in [5.74, 6) is 1.29. The molecule has 0 bridgehead atoms. The van der Waals surface area contributed by atoms with Crippen LogP contribution < -0.4 is 5.32 Å². The van der Waals surface area contributed by atoms with Crippen LogP contribution in [0.2, 0.25) is 0 Å². The second-order valence-electron chi connectivity index (χ2n) is 8.67. The molecule has 3 atom stereocenters. The highest BCUT2D eigenvalue weighted by Gasteiger charge is 2.57. The lowest BCUT2D eigenvalue weighted by Crippen LogP contribution is -2.39. The third kappa shape index (κ3) is 4.06. The number of nitrogens with one attached hydrogen (secondary N) is 1. The largest absolute Gasteiger partial charge is 0.375 e. The molecule has 0 radical (unpaired) electrons. The first-order valence-corrected chi connectivity index (χ1v) is 10.8. The lowest BCUT2D eigenvalue weighted by Gasteiger charge is -2.30. The van der Waals surface area contributed by atoms with Crippen LogP contribution in [0.5, 0.6) is 0 Å². The average Bonchev–Trinajstić information content (AvgIpc) is 3.02. The van der Waals surface area contributed by atoms with E-state index in [0.29, 0.717) is 30.5 Å². The van der Waals surface area contributed by atoms with E-state index in [-0.39, 0.29) is 12.0 Å². The van der Waals surface area contributed by atoms with Crippen LogP contribution >= 0.6 is 0 Å². The fourth-order valence-corrected chi connectivity index (χ4v) is 5.06. The minimum absolute atomic E-state index is 0.260. The van der Waals surface area contributed by atoms with Crippen LogP contribution in [0.3, 0.4) is 0 Å². The maximum atomic E-state index is 13.2. The number of nitrogens with zero attached hydrogens (tertiary/aromatic N) is 3. The highest BCUT2D eigenvalue weighted by molar-refractivity contribution is 5.77. The summed E-state index contributed by atoms with van der Waals surface area (Å²) in [7, 11) is 0. The molecule has 1 aromatic heterocycles. The molecule has 1 N–H and O–H groups in total. The van der Waals surface area contributed by atoms with E-state index >= 15 is 0 Å². The van der Waals surface area contributed by atoms with Crippen LogP contribution in [0.25, 0.3) is 0 Å². The first kappa shape index (κ1) is 18.9. The van der Waals surface area contributed by atoms with Crippen LogP contribution in [0, 0.1) is 5.41 Å². The number of aryl methyl sites for hydroxylation is 1. The molecular formula is C21H34N4O2. The normalized spacial score (nSPS) is 29.2. The van der Waals surface area contributed by atoms with E-state index in [1.54, 1.807) is 0 Å². The molecule has 4 rings (SSSR count). The molecular weight excluding hydrogens is 340 g/mol. The highest BCUT2D eigenvalue weighted by Crippen LogP contribution is 2.56. The smallest absolute Gasteiger partial charge is 0.223 e. The number of hydrogen-bond acceptors (Lipinski definition) is 4. The molecule has 6 heteroatoms. The molecule has 2 aliphatic heterocycles. The lowest BCUT2D eigenvalue weighted by molar-refractivity contribution is -0.134. The summed E-state index contributed by atoms with van der Waals surface area (Å²) >= 11 is 0. The fourth-order valence-electron chi connectivity index (χ4n) is 5.06. The van der Waals surface area contributed by atoms with Crippen molar-refractivity contribution in [3.63, 3.8) is 0 Å². The van der Waals surface area contributed by atoms with Gasteiger partial charge in [-0.1, -0.05) is 0 Å². The van der Waals surface area contributed by atoms with Crippen LogP contribution in [0.15, 0.2) is 12.4 Å². The summed E-state index contributed by atoms with van der Waals surface area (Å²) in [6.07, 6.45) is 11.7. The number of hydrogen-bond donors (Lipinski definition) is 1. The Morgan fingerprint density at radius 2 is 2.22 bits per heavy atom. The van der Waals surface area contributed by atoms with Gasteiger partial charge < -0.3 is 19.5 Å². The van der Waals surface area contributed by atoms with Crippen molar-refractivity contribution in [1.29, 1.82) is 0 Å². The van der Waals surface area contributed by atoms with Gasteiger partial charge in [0, 0.05) is 31.4 Å². The van der Waals surface area contributed by atoms with E-state index in [2.05, 4.69) is 33.6 Å². The Morgan fingerprint density at radius 1 is 1.41 bits per heavy atom. The summed E-state index contributed by atoms with van der Waals surface area (Å²) in [4.78, 5) is 19.9. The molecule has 3 aliphatic rings. The molecule has 1 spiro atoms. The molecule has 1 aromatic rings. The molecule has 0 aromatic carbocycles. The van der Waals surface area contributed by atoms with Gasteiger partial charge in [-0.2, -0.15) is 0 Å². The molecule has 27 heavy (non-hydrogen) atoms. The summed E-state index contributed by atoms with van der Waals surface area (Å²) in [5, 5.41) is 3.46. The first-order chi connectivity index (χ1) is 13.1. The van der Waals surface area contributed by atoms with Crippen LogP contribution in [-0.4, -0.2) is 51.7 Å². The first-order valence-electron chi connectivity index (χ1n) is 10.8. The zero-order valence-electron chi connectivity index (χ0n) is 16.8. The Balaban J connectivity index is 1.43. The quantitative estimate of drug-likeness (QED) is 0.797. The predicted octanol–water partition coefficient (Wildman–Crippen LogP) is 2.72. The number of rotatable bonds is 7. The van der Waals surface area contributed by atoms with E-state index in [9.17, 15) is 4.79 Å². The van der Waals surface area contributed by atoms with Crippen molar-refractivity contribution in [3.05, 3.63) is 18.2 Å². The van der Waals surface area contributed by atoms with Crippen molar-refractivity contribution in [2.45, 2.75) is 90.1 Å². The van der Waals surface area contributed by atoms with Gasteiger partial charge in [0.25, 0.3) is 0 Å². The number of piperidine rings is 1. The van der Waals surface area contributed by atoms with E-state index in [1.165, 1.54) is 12.8 Å². The van der Waals surface area contributed by atoms with Crippen molar-refractivity contribution in [2.24, 2.45) is 5.41 Å². The van der Waals surface area contributed by atoms with Crippen molar-refractivity contribution in [1.82, 2.24) is 19.8 Å². The zero-order chi connectivity index (χ0) is 18.9. The Hall–Kier alpha value is -1.40. The van der Waals surface area contributed by atoms with Gasteiger partial charge in [-0.3, -0.25) is 4.79 Å². The summed E-state index contributed by atoms with van der Waals surface area (Å²) in [6, 6.07) is 0.387. The molecule has 1 saturated carbocycles. The number of carbonyl (C=O) groups excluding carboxylic acids is 1.